The number of amides is 1. The van der Waals surface area contributed by atoms with Gasteiger partial charge in [-0.15, -0.1) is 0 Å². The van der Waals surface area contributed by atoms with E-state index in [-0.39, 0.29) is 18.4 Å². The van der Waals surface area contributed by atoms with Gasteiger partial charge in [0.2, 0.25) is 11.9 Å². The quantitative estimate of drug-likeness (QED) is 0.263. The Morgan fingerprint density at radius 2 is 1.89 bits per heavy atom. The summed E-state index contributed by atoms with van der Waals surface area (Å²) in [4.78, 5) is 22.0. The minimum Gasteiger partial charge on any atom is -0.488 e. The molecule has 3 heterocycles. The molecular weight excluding hydrogens is 466 g/mol. The van der Waals surface area contributed by atoms with E-state index in [1.54, 1.807) is 12.4 Å². The maximum atomic E-state index is 12.8. The second kappa shape index (κ2) is 10.2. The number of piperidine rings is 1. The number of rotatable bonds is 7. The van der Waals surface area contributed by atoms with Crippen LogP contribution in [0.25, 0.3) is 21.8 Å². The van der Waals surface area contributed by atoms with E-state index in [4.69, 9.17) is 9.72 Å². The van der Waals surface area contributed by atoms with E-state index >= 15 is 0 Å². The van der Waals surface area contributed by atoms with Crippen molar-refractivity contribution in [2.75, 3.05) is 23.7 Å². The van der Waals surface area contributed by atoms with Crippen molar-refractivity contribution < 1.29 is 9.53 Å². The summed E-state index contributed by atoms with van der Waals surface area (Å²) in [6.45, 7) is 1.91. The monoisotopic (exact) mass is 493 g/mol. The number of para-hydroxylation sites is 1. The maximum Gasteiger partial charge on any atom is 0.228 e. The molecule has 1 fully saturated rings. The van der Waals surface area contributed by atoms with Crippen LogP contribution in [-0.4, -0.2) is 45.3 Å². The minimum atomic E-state index is -0.104. The van der Waals surface area contributed by atoms with Crippen LogP contribution >= 0.6 is 0 Å². The fraction of sp³-hybridized carbons (Fsp3) is 0.214. The molecule has 0 atom stereocenters. The first-order valence-electron chi connectivity index (χ1n) is 12.4. The van der Waals surface area contributed by atoms with Gasteiger partial charge in [-0.25, -0.2) is 9.97 Å². The van der Waals surface area contributed by atoms with Gasteiger partial charge in [0, 0.05) is 22.7 Å². The third kappa shape index (κ3) is 5.22. The Bertz CT molecular complexity index is 1540. The number of nitrogens with one attached hydrogen (secondary N) is 4. The molecule has 1 amide bonds. The van der Waals surface area contributed by atoms with Gasteiger partial charge in [0.1, 0.15) is 17.4 Å². The van der Waals surface area contributed by atoms with Crippen molar-refractivity contribution in [3.05, 3.63) is 78.6 Å². The zero-order chi connectivity index (χ0) is 25.0. The molecular formula is C28H27N7O2. The van der Waals surface area contributed by atoms with E-state index in [1.165, 1.54) is 0 Å². The van der Waals surface area contributed by atoms with Crippen molar-refractivity contribution in [3.63, 3.8) is 0 Å². The first-order valence-corrected chi connectivity index (χ1v) is 12.4. The van der Waals surface area contributed by atoms with Crippen LogP contribution in [0.15, 0.2) is 73.1 Å². The second-order valence-corrected chi connectivity index (χ2v) is 9.15. The van der Waals surface area contributed by atoms with E-state index in [2.05, 4.69) is 31.1 Å². The number of aromatic amines is 1. The van der Waals surface area contributed by atoms with E-state index < -0.39 is 0 Å². The second-order valence-electron chi connectivity index (χ2n) is 9.15. The van der Waals surface area contributed by atoms with Gasteiger partial charge in [-0.3, -0.25) is 9.89 Å². The van der Waals surface area contributed by atoms with Crippen LogP contribution in [0.5, 0.6) is 5.75 Å². The summed E-state index contributed by atoms with van der Waals surface area (Å²) in [6, 6.07) is 19.3. The fourth-order valence-corrected chi connectivity index (χ4v) is 4.61. The summed E-state index contributed by atoms with van der Waals surface area (Å²) < 4.78 is 6.31. The Labute approximate surface area is 213 Å². The highest BCUT2D eigenvalue weighted by Gasteiger charge is 2.17. The molecule has 2 aromatic heterocycles. The molecule has 1 aliphatic heterocycles. The molecule has 9 nitrogen and oxygen atoms in total. The van der Waals surface area contributed by atoms with Gasteiger partial charge in [-0.05, 0) is 49.7 Å². The van der Waals surface area contributed by atoms with Crippen LogP contribution in [0.4, 0.5) is 17.3 Å². The average molecular weight is 494 g/mol. The van der Waals surface area contributed by atoms with Gasteiger partial charge in [0.25, 0.3) is 0 Å². The van der Waals surface area contributed by atoms with Gasteiger partial charge in [0.15, 0.2) is 0 Å². The summed E-state index contributed by atoms with van der Waals surface area (Å²) >= 11 is 0. The molecule has 5 aromatic rings. The Hall–Kier alpha value is -4.50. The Morgan fingerprint density at radius 1 is 1.03 bits per heavy atom. The highest BCUT2D eigenvalue weighted by atomic mass is 16.5. The number of aromatic nitrogens is 4. The summed E-state index contributed by atoms with van der Waals surface area (Å²) in [6.07, 6.45) is 5.88. The zero-order valence-electron chi connectivity index (χ0n) is 20.2. The summed E-state index contributed by atoms with van der Waals surface area (Å²) in [7, 11) is 0. The Balaban J connectivity index is 1.26. The highest BCUT2D eigenvalue weighted by Crippen LogP contribution is 2.30. The van der Waals surface area contributed by atoms with E-state index in [0.717, 1.165) is 64.7 Å². The predicted octanol–water partition coefficient (Wildman–Crippen LogP) is 4.56. The van der Waals surface area contributed by atoms with Crippen molar-refractivity contribution in [1.29, 1.82) is 0 Å². The largest absolute Gasteiger partial charge is 0.488 e. The smallest absolute Gasteiger partial charge is 0.228 e. The maximum absolute atomic E-state index is 12.8. The lowest BCUT2D eigenvalue weighted by atomic mass is 10.1. The molecule has 0 saturated carbocycles. The molecule has 3 aromatic carbocycles. The van der Waals surface area contributed by atoms with Crippen molar-refractivity contribution in [3.8, 4) is 5.75 Å². The molecule has 4 N–H and O–H groups in total. The Morgan fingerprint density at radius 3 is 2.76 bits per heavy atom. The third-order valence-corrected chi connectivity index (χ3v) is 6.45. The number of benzene rings is 3. The lowest BCUT2D eigenvalue weighted by Crippen LogP contribution is -2.34. The first kappa shape index (κ1) is 22.9. The zero-order valence-corrected chi connectivity index (χ0v) is 20.2. The minimum absolute atomic E-state index is 0.104. The van der Waals surface area contributed by atoms with E-state index in [0.29, 0.717) is 11.6 Å². The first-order chi connectivity index (χ1) is 18.2. The average Bonchev–Trinajstić information content (AvgIpc) is 3.39. The van der Waals surface area contributed by atoms with Crippen molar-refractivity contribution in [1.82, 2.24) is 25.5 Å². The number of hydrogen-bond acceptors (Lipinski definition) is 7. The number of carbonyl (C=O) groups excluding carboxylic acids is 1. The summed E-state index contributed by atoms with van der Waals surface area (Å²) in [5.74, 6) is 1.09. The summed E-state index contributed by atoms with van der Waals surface area (Å²) in [5, 5.41) is 18.5. The predicted molar refractivity (Wildman–Crippen MR) is 144 cm³/mol. The molecule has 37 heavy (non-hydrogen) atoms. The van der Waals surface area contributed by atoms with Gasteiger partial charge in [-0.2, -0.15) is 5.10 Å². The fourth-order valence-electron chi connectivity index (χ4n) is 4.61. The molecule has 1 aliphatic rings. The van der Waals surface area contributed by atoms with Crippen LogP contribution in [0.3, 0.4) is 0 Å². The summed E-state index contributed by atoms with van der Waals surface area (Å²) in [5.41, 5.74) is 3.88. The van der Waals surface area contributed by atoms with Gasteiger partial charge >= 0.3 is 0 Å². The van der Waals surface area contributed by atoms with Crippen LogP contribution in [0.2, 0.25) is 0 Å². The number of carbonyl (C=O) groups is 1. The third-order valence-electron chi connectivity index (χ3n) is 6.45. The SMILES string of the molecule is O=C(Cc1ccccc1)Nc1cc(Nc2ncc3cccc(OC4CCNCC4)c3n2)cc2[nH]ncc12. The highest BCUT2D eigenvalue weighted by molar-refractivity contribution is 6.03. The lowest BCUT2D eigenvalue weighted by molar-refractivity contribution is -0.115. The number of fused-ring (bicyclic) bond motifs is 2. The molecule has 0 radical (unpaired) electrons. The van der Waals surface area contributed by atoms with E-state index in [1.807, 2.05) is 60.7 Å². The Kier molecular flexibility index (Phi) is 6.35. The van der Waals surface area contributed by atoms with Gasteiger partial charge < -0.3 is 20.7 Å². The van der Waals surface area contributed by atoms with Gasteiger partial charge in [-0.1, -0.05) is 42.5 Å². The van der Waals surface area contributed by atoms with Gasteiger partial charge in [0.05, 0.1) is 23.8 Å². The van der Waals surface area contributed by atoms with E-state index in [9.17, 15) is 4.79 Å². The molecule has 0 aliphatic carbocycles. The molecule has 186 valence electrons. The lowest BCUT2D eigenvalue weighted by Gasteiger charge is -2.24. The molecule has 9 heteroatoms. The topological polar surface area (TPSA) is 117 Å². The molecule has 6 rings (SSSR count). The number of ether oxygens (including phenoxy) is 1. The van der Waals surface area contributed by atoms with Crippen LogP contribution in [0.1, 0.15) is 18.4 Å². The number of hydrogen-bond donors (Lipinski definition) is 4. The molecule has 1 saturated heterocycles. The molecule has 0 unspecified atom stereocenters. The van der Waals surface area contributed by atoms with Crippen LogP contribution in [-0.2, 0) is 11.2 Å². The van der Waals surface area contributed by atoms with Crippen molar-refractivity contribution in [2.45, 2.75) is 25.4 Å². The molecule has 0 spiro atoms. The number of H-pyrrole nitrogens is 1. The normalized spacial score (nSPS) is 14.1. The van der Waals surface area contributed by atoms with Crippen LogP contribution in [0, 0.1) is 0 Å². The van der Waals surface area contributed by atoms with Crippen molar-refractivity contribution >= 4 is 45.0 Å². The van der Waals surface area contributed by atoms with Crippen molar-refractivity contribution in [2.24, 2.45) is 0 Å². The standard InChI is InChI=1S/C28H27N7O2/c36-26(13-18-5-2-1-3-6-18)33-23-14-20(15-24-22(23)17-31-35-24)32-28-30-16-19-7-4-8-25(27(19)34-28)37-21-9-11-29-12-10-21/h1-8,14-17,21,29H,9-13H2,(H,31,35)(H,33,36)(H,30,32,34). The number of anilines is 3. The number of nitrogens with zero attached hydrogens (tertiary/aromatic N) is 3. The molecule has 0 bridgehead atoms. The van der Waals surface area contributed by atoms with Crippen LogP contribution < -0.4 is 20.7 Å².